The molecule has 3 heterocycles. The minimum absolute atomic E-state index is 0.115. The van der Waals surface area contributed by atoms with Gasteiger partial charge < -0.3 is 10.1 Å². The molecule has 0 saturated carbocycles. The molecule has 5 aromatic rings. The van der Waals surface area contributed by atoms with Crippen LogP contribution in [0.3, 0.4) is 0 Å². The van der Waals surface area contributed by atoms with Crippen LogP contribution in [0.4, 0.5) is 14.6 Å². The Balaban J connectivity index is 1.38. The molecule has 3 aromatic heterocycles. The minimum Gasteiger partial charge on any atom is -0.485 e. The molecule has 0 fully saturated rings. The van der Waals surface area contributed by atoms with E-state index in [-0.39, 0.29) is 12.2 Å². The van der Waals surface area contributed by atoms with Crippen LogP contribution in [0, 0.1) is 18.6 Å². The molecular weight excluding hydrogens is 434 g/mol. The lowest BCUT2D eigenvalue weighted by atomic mass is 10.1. The van der Waals surface area contributed by atoms with Crippen LogP contribution in [0.15, 0.2) is 85.2 Å². The first-order valence-corrected chi connectivity index (χ1v) is 10.9. The number of benzene rings is 2. The van der Waals surface area contributed by atoms with Crippen LogP contribution in [0.25, 0.3) is 16.9 Å². The average Bonchev–Trinajstić information content (AvgIpc) is 3.20. The second-order valence-electron chi connectivity index (χ2n) is 7.87. The number of hydrogen-bond acceptors (Lipinski definition) is 4. The van der Waals surface area contributed by atoms with Gasteiger partial charge >= 0.3 is 0 Å². The monoisotopic (exact) mass is 456 g/mol. The van der Waals surface area contributed by atoms with Crippen LogP contribution in [-0.2, 0) is 13.2 Å². The summed E-state index contributed by atoms with van der Waals surface area (Å²) in [5.74, 6) is -0.0676. The third-order valence-electron chi connectivity index (χ3n) is 5.58. The Bertz CT molecular complexity index is 1410. The summed E-state index contributed by atoms with van der Waals surface area (Å²) in [5, 5.41) is 3.32. The topological polar surface area (TPSA) is 51.5 Å². The van der Waals surface area contributed by atoms with Crippen molar-refractivity contribution in [2.24, 2.45) is 0 Å². The zero-order chi connectivity index (χ0) is 23.5. The maximum Gasteiger partial charge on any atom is 0.180 e. The van der Waals surface area contributed by atoms with Gasteiger partial charge in [-0.3, -0.25) is 4.40 Å². The SMILES string of the molecule is Cc1nc2c(OCc3c(F)cccc3F)cccn2c1-c1ccc(NCc2ccccc2)nc1. The molecule has 0 aliphatic rings. The Labute approximate surface area is 195 Å². The van der Waals surface area contributed by atoms with Crippen LogP contribution in [-0.4, -0.2) is 14.4 Å². The Morgan fingerprint density at radius 2 is 1.71 bits per heavy atom. The van der Waals surface area contributed by atoms with E-state index in [1.54, 1.807) is 12.3 Å². The Hall–Kier alpha value is -4.26. The molecule has 0 radical (unpaired) electrons. The van der Waals surface area contributed by atoms with Crippen molar-refractivity contribution in [3.63, 3.8) is 0 Å². The van der Waals surface area contributed by atoms with Crippen molar-refractivity contribution in [3.8, 4) is 17.0 Å². The Morgan fingerprint density at radius 1 is 0.912 bits per heavy atom. The predicted molar refractivity (Wildman–Crippen MR) is 128 cm³/mol. The highest BCUT2D eigenvalue weighted by Gasteiger charge is 2.16. The number of aromatic nitrogens is 3. The van der Waals surface area contributed by atoms with Gasteiger partial charge in [0.25, 0.3) is 0 Å². The van der Waals surface area contributed by atoms with E-state index in [0.29, 0.717) is 17.9 Å². The molecule has 170 valence electrons. The van der Waals surface area contributed by atoms with Crippen LogP contribution in [0.2, 0.25) is 0 Å². The Kier molecular flexibility index (Phi) is 5.91. The van der Waals surface area contributed by atoms with Crippen LogP contribution < -0.4 is 10.1 Å². The fourth-order valence-electron chi connectivity index (χ4n) is 3.86. The van der Waals surface area contributed by atoms with Crippen LogP contribution >= 0.6 is 0 Å². The fourth-order valence-corrected chi connectivity index (χ4v) is 3.86. The maximum atomic E-state index is 14.0. The second kappa shape index (κ2) is 9.31. The highest BCUT2D eigenvalue weighted by molar-refractivity contribution is 5.70. The zero-order valence-corrected chi connectivity index (χ0v) is 18.5. The molecule has 0 spiro atoms. The number of rotatable bonds is 7. The molecule has 5 nitrogen and oxygen atoms in total. The molecule has 1 N–H and O–H groups in total. The number of ether oxygens (including phenoxy) is 1. The van der Waals surface area contributed by atoms with Gasteiger partial charge in [0.05, 0.1) is 17.0 Å². The molecular formula is C27H22F2N4O. The van der Waals surface area contributed by atoms with Crippen molar-refractivity contribution in [2.45, 2.75) is 20.1 Å². The van der Waals surface area contributed by atoms with Gasteiger partial charge in [-0.25, -0.2) is 18.7 Å². The maximum absolute atomic E-state index is 14.0. The van der Waals surface area contributed by atoms with Gasteiger partial charge in [-0.2, -0.15) is 0 Å². The van der Waals surface area contributed by atoms with E-state index in [4.69, 9.17) is 4.74 Å². The standard InChI is InChI=1S/C27H22F2N4O/c1-18-26(20-12-13-25(31-16-20)30-15-19-7-3-2-4-8-19)33-14-6-11-24(27(33)32-18)34-17-21-22(28)9-5-10-23(21)29/h2-14,16H,15,17H2,1H3,(H,30,31). The van der Waals surface area contributed by atoms with Crippen LogP contribution in [0.1, 0.15) is 16.8 Å². The number of pyridine rings is 2. The van der Waals surface area contributed by atoms with Gasteiger partial charge in [-0.1, -0.05) is 36.4 Å². The second-order valence-corrected chi connectivity index (χ2v) is 7.87. The van der Waals surface area contributed by atoms with E-state index in [2.05, 4.69) is 27.4 Å². The minimum atomic E-state index is -0.640. The van der Waals surface area contributed by atoms with E-state index < -0.39 is 11.6 Å². The van der Waals surface area contributed by atoms with Gasteiger partial charge in [0, 0.05) is 24.5 Å². The van der Waals surface area contributed by atoms with Crippen molar-refractivity contribution in [2.75, 3.05) is 5.32 Å². The van der Waals surface area contributed by atoms with Crippen molar-refractivity contribution in [3.05, 3.63) is 114 Å². The molecule has 0 amide bonds. The summed E-state index contributed by atoms with van der Waals surface area (Å²) in [7, 11) is 0. The first kappa shape index (κ1) is 21.6. The molecule has 0 aliphatic heterocycles. The smallest absolute Gasteiger partial charge is 0.180 e. The van der Waals surface area contributed by atoms with Gasteiger partial charge in [0.1, 0.15) is 24.1 Å². The van der Waals surface area contributed by atoms with Gasteiger partial charge in [-0.05, 0) is 48.9 Å². The molecule has 0 saturated heterocycles. The lowest BCUT2D eigenvalue weighted by molar-refractivity contribution is 0.294. The summed E-state index contributed by atoms with van der Waals surface area (Å²) in [6, 6.07) is 21.3. The zero-order valence-electron chi connectivity index (χ0n) is 18.5. The molecule has 5 rings (SSSR count). The summed E-state index contributed by atoms with van der Waals surface area (Å²) in [6.07, 6.45) is 3.68. The van der Waals surface area contributed by atoms with E-state index in [1.165, 1.54) is 23.8 Å². The highest BCUT2D eigenvalue weighted by Crippen LogP contribution is 2.30. The highest BCUT2D eigenvalue weighted by atomic mass is 19.1. The Morgan fingerprint density at radius 3 is 2.44 bits per heavy atom. The summed E-state index contributed by atoms with van der Waals surface area (Å²) in [6.45, 7) is 2.36. The van der Waals surface area contributed by atoms with Gasteiger partial charge in [-0.15, -0.1) is 0 Å². The lowest BCUT2D eigenvalue weighted by Crippen LogP contribution is -2.03. The van der Waals surface area contributed by atoms with Gasteiger partial charge in [0.15, 0.2) is 11.4 Å². The molecule has 2 aromatic carbocycles. The number of nitrogens with one attached hydrogen (secondary N) is 1. The molecule has 0 aliphatic carbocycles. The van der Waals surface area contributed by atoms with E-state index in [9.17, 15) is 8.78 Å². The normalized spacial score (nSPS) is 11.0. The summed E-state index contributed by atoms with van der Waals surface area (Å²) in [4.78, 5) is 9.20. The molecule has 7 heteroatoms. The average molecular weight is 456 g/mol. The first-order valence-electron chi connectivity index (χ1n) is 10.9. The number of fused-ring (bicyclic) bond motifs is 1. The van der Waals surface area contributed by atoms with Crippen molar-refractivity contribution in [1.29, 1.82) is 0 Å². The summed E-state index contributed by atoms with van der Waals surface area (Å²) >= 11 is 0. The predicted octanol–water partition coefficient (Wildman–Crippen LogP) is 6.17. The van der Waals surface area contributed by atoms with Crippen molar-refractivity contribution >= 4 is 11.5 Å². The molecule has 0 unspecified atom stereocenters. The largest absolute Gasteiger partial charge is 0.485 e. The van der Waals surface area contributed by atoms with Crippen molar-refractivity contribution < 1.29 is 13.5 Å². The summed E-state index contributed by atoms with van der Waals surface area (Å²) < 4.78 is 35.7. The molecule has 0 atom stereocenters. The van der Waals surface area contributed by atoms with Crippen LogP contribution in [0.5, 0.6) is 5.75 Å². The van der Waals surface area contributed by atoms with E-state index in [0.717, 1.165) is 22.8 Å². The summed E-state index contributed by atoms with van der Waals surface area (Å²) in [5.41, 5.74) is 4.19. The van der Waals surface area contributed by atoms with Gasteiger partial charge in [0.2, 0.25) is 0 Å². The van der Waals surface area contributed by atoms with E-state index in [1.807, 2.05) is 53.9 Å². The fraction of sp³-hybridized carbons (Fsp3) is 0.111. The first-order chi connectivity index (χ1) is 16.6. The number of aryl methyl sites for hydroxylation is 1. The number of anilines is 1. The van der Waals surface area contributed by atoms with Crippen molar-refractivity contribution in [1.82, 2.24) is 14.4 Å². The quantitative estimate of drug-likeness (QED) is 0.318. The molecule has 0 bridgehead atoms. The van der Waals surface area contributed by atoms with E-state index >= 15 is 0 Å². The number of nitrogens with zero attached hydrogens (tertiary/aromatic N) is 3. The number of imidazole rings is 1. The third-order valence-corrected chi connectivity index (χ3v) is 5.58. The molecule has 34 heavy (non-hydrogen) atoms. The number of hydrogen-bond donors (Lipinski definition) is 1. The third kappa shape index (κ3) is 4.32. The number of halogens is 2. The lowest BCUT2D eigenvalue weighted by Gasteiger charge is -2.10.